The van der Waals surface area contributed by atoms with Gasteiger partial charge in [0.15, 0.2) is 5.82 Å². The molecule has 0 unspecified atom stereocenters. The molecule has 13 rings (SSSR count). The minimum Gasteiger partial charge on any atom is -0.309 e. The first kappa shape index (κ1) is 35.2. The molecule has 13 aromatic rings. The lowest BCUT2D eigenvalue weighted by molar-refractivity contribution is 1.13. The van der Waals surface area contributed by atoms with Crippen LogP contribution in [0.25, 0.3) is 116 Å². The van der Waals surface area contributed by atoms with E-state index in [2.05, 4.69) is 214 Å². The van der Waals surface area contributed by atoms with Crippen LogP contribution < -0.4 is 0 Å². The summed E-state index contributed by atoms with van der Waals surface area (Å²) in [5, 5.41) is 7.22. The Kier molecular flexibility index (Phi) is 7.84. The van der Waals surface area contributed by atoms with E-state index in [1.165, 1.54) is 43.5 Å². The molecule has 0 N–H and O–H groups in total. The summed E-state index contributed by atoms with van der Waals surface area (Å²) in [7, 11) is 0. The number of nitrogens with zero attached hydrogens (tertiary/aromatic N) is 5. The molecule has 63 heavy (non-hydrogen) atoms. The van der Waals surface area contributed by atoms with Crippen LogP contribution in [0.15, 0.2) is 224 Å². The fourth-order valence-corrected chi connectivity index (χ4v) is 9.92. The Balaban J connectivity index is 1.12. The number of fused-ring (bicyclic) bond motifs is 10. The van der Waals surface area contributed by atoms with Crippen molar-refractivity contribution in [1.82, 2.24) is 23.7 Å². The normalized spacial score (nSPS) is 11.8. The van der Waals surface area contributed by atoms with E-state index >= 15 is 0 Å². The number of hydrogen-bond donors (Lipinski definition) is 0. The van der Waals surface area contributed by atoms with Crippen molar-refractivity contribution < 1.29 is 0 Å². The van der Waals surface area contributed by atoms with Gasteiger partial charge in [0, 0.05) is 60.4 Å². The predicted octanol–water partition coefficient (Wildman–Crippen LogP) is 14.8. The Bertz CT molecular complexity index is 3820. The van der Waals surface area contributed by atoms with E-state index < -0.39 is 0 Å². The van der Waals surface area contributed by atoms with Gasteiger partial charge in [-0.1, -0.05) is 158 Å². The van der Waals surface area contributed by atoms with Gasteiger partial charge in [0.05, 0.1) is 50.2 Å². The van der Waals surface area contributed by atoms with Crippen molar-refractivity contribution in [2.45, 2.75) is 0 Å². The molecule has 0 aliphatic rings. The Morgan fingerprint density at radius 1 is 0.286 bits per heavy atom. The largest absolute Gasteiger partial charge is 0.309 e. The van der Waals surface area contributed by atoms with Crippen LogP contribution in [0, 0.1) is 0 Å². The number of hydrogen-bond acceptors (Lipinski definition) is 2. The lowest BCUT2D eigenvalue weighted by Gasteiger charge is -2.14. The van der Waals surface area contributed by atoms with E-state index in [4.69, 9.17) is 9.97 Å². The van der Waals surface area contributed by atoms with Gasteiger partial charge in [0.2, 0.25) is 0 Å². The van der Waals surface area contributed by atoms with Gasteiger partial charge in [-0.3, -0.25) is 0 Å². The Morgan fingerprint density at radius 3 is 1.49 bits per heavy atom. The van der Waals surface area contributed by atoms with Crippen LogP contribution >= 0.6 is 0 Å². The molecule has 0 amide bonds. The summed E-state index contributed by atoms with van der Waals surface area (Å²) >= 11 is 0. The quantitative estimate of drug-likeness (QED) is 0.168. The molecule has 0 spiro atoms. The monoisotopic (exact) mass is 803 g/mol. The summed E-state index contributed by atoms with van der Waals surface area (Å²) in [5.41, 5.74) is 15.2. The Morgan fingerprint density at radius 2 is 0.794 bits per heavy atom. The van der Waals surface area contributed by atoms with Gasteiger partial charge in [-0.2, -0.15) is 0 Å². The van der Waals surface area contributed by atoms with Crippen LogP contribution in [-0.2, 0) is 0 Å². The van der Waals surface area contributed by atoms with Crippen molar-refractivity contribution in [3.63, 3.8) is 0 Å². The van der Waals surface area contributed by atoms with Crippen LogP contribution in [0.4, 0.5) is 0 Å². The van der Waals surface area contributed by atoms with E-state index in [1.807, 2.05) is 24.3 Å². The van der Waals surface area contributed by atoms with Gasteiger partial charge in [-0.05, 0) is 66.7 Å². The molecule has 0 aliphatic heterocycles. The van der Waals surface area contributed by atoms with Gasteiger partial charge in [-0.25, -0.2) is 9.97 Å². The third kappa shape index (κ3) is 5.43. The second-order valence-electron chi connectivity index (χ2n) is 16.2. The first-order valence-electron chi connectivity index (χ1n) is 21.4. The molecule has 0 fully saturated rings. The Hall–Kier alpha value is -8.54. The van der Waals surface area contributed by atoms with E-state index in [1.54, 1.807) is 0 Å². The summed E-state index contributed by atoms with van der Waals surface area (Å²) in [6.45, 7) is 0. The fourth-order valence-electron chi connectivity index (χ4n) is 9.92. The lowest BCUT2D eigenvalue weighted by atomic mass is 10.0. The third-order valence-corrected chi connectivity index (χ3v) is 12.6. The highest BCUT2D eigenvalue weighted by Crippen LogP contribution is 2.45. The SMILES string of the molecule is c1ccc(-c2cc(-c3ccc4c(c3)c3ccc5c(c6ccccc6n5-c5cccc6c7ccccc7n(-c7ccccc7)c56)c3n4-c3ccccc3)nc(-c3ccccc3)n2)cc1. The maximum Gasteiger partial charge on any atom is 0.160 e. The van der Waals surface area contributed by atoms with Crippen molar-refractivity contribution in [2.24, 2.45) is 0 Å². The number of rotatable bonds is 6. The maximum absolute atomic E-state index is 5.23. The van der Waals surface area contributed by atoms with Gasteiger partial charge < -0.3 is 13.7 Å². The summed E-state index contributed by atoms with van der Waals surface area (Å²) < 4.78 is 7.38. The van der Waals surface area contributed by atoms with Crippen LogP contribution in [0.3, 0.4) is 0 Å². The van der Waals surface area contributed by atoms with Crippen molar-refractivity contribution >= 4 is 65.4 Å². The molecule has 0 aliphatic carbocycles. The first-order valence-corrected chi connectivity index (χ1v) is 21.4. The minimum atomic E-state index is 0.703. The van der Waals surface area contributed by atoms with Crippen LogP contribution in [-0.4, -0.2) is 23.7 Å². The zero-order valence-corrected chi connectivity index (χ0v) is 34.1. The van der Waals surface area contributed by atoms with E-state index in [0.29, 0.717) is 5.82 Å². The molecule has 4 aromatic heterocycles. The number of aromatic nitrogens is 5. The summed E-state index contributed by atoms with van der Waals surface area (Å²) in [4.78, 5) is 10.3. The standard InChI is InChI=1S/C58H37N5/c1-5-18-38(19-6-1)48-37-49(60-58(59-48)39-20-7-2-8-21-39)40-32-34-52-47(36-40)45-33-35-53-55(57(45)62(52)42-24-11-4-12-25-42)46-27-14-16-30-51(46)63(53)54-31-17-28-44-43-26-13-15-29-50(43)61(56(44)54)41-22-9-3-10-23-41/h1-37H. The molecule has 0 radical (unpaired) electrons. The Labute approximate surface area is 363 Å². The molecular weight excluding hydrogens is 767 g/mol. The summed E-state index contributed by atoms with van der Waals surface area (Å²) in [6.07, 6.45) is 0. The average Bonchev–Trinajstić information content (AvgIpc) is 4.00. The molecule has 5 heteroatoms. The molecule has 0 saturated carbocycles. The zero-order valence-electron chi connectivity index (χ0n) is 34.1. The summed E-state index contributed by atoms with van der Waals surface area (Å²) in [5.74, 6) is 0.703. The van der Waals surface area contributed by atoms with Gasteiger partial charge in [-0.15, -0.1) is 0 Å². The maximum atomic E-state index is 5.23. The summed E-state index contributed by atoms with van der Waals surface area (Å²) in [6, 6.07) is 80.2. The van der Waals surface area contributed by atoms with Crippen molar-refractivity contribution in [3.05, 3.63) is 224 Å². The van der Waals surface area contributed by atoms with Crippen LogP contribution in [0.1, 0.15) is 0 Å². The van der Waals surface area contributed by atoms with Crippen molar-refractivity contribution in [1.29, 1.82) is 0 Å². The molecule has 9 aromatic carbocycles. The minimum absolute atomic E-state index is 0.703. The number of benzene rings is 9. The van der Waals surface area contributed by atoms with Crippen molar-refractivity contribution in [3.8, 4) is 51.0 Å². The molecule has 294 valence electrons. The molecular formula is C58H37N5. The molecule has 5 nitrogen and oxygen atoms in total. The first-order chi connectivity index (χ1) is 31.3. The highest BCUT2D eigenvalue weighted by molar-refractivity contribution is 6.27. The number of para-hydroxylation sites is 5. The fraction of sp³-hybridized carbons (Fsp3) is 0. The lowest BCUT2D eigenvalue weighted by Crippen LogP contribution is -2.00. The van der Waals surface area contributed by atoms with E-state index in [-0.39, 0.29) is 0 Å². The second-order valence-corrected chi connectivity index (χ2v) is 16.2. The highest BCUT2D eigenvalue weighted by atomic mass is 15.1. The van der Waals surface area contributed by atoms with Crippen molar-refractivity contribution in [2.75, 3.05) is 0 Å². The van der Waals surface area contributed by atoms with E-state index in [0.717, 1.165) is 67.1 Å². The van der Waals surface area contributed by atoms with Gasteiger partial charge in [0.25, 0.3) is 0 Å². The van der Waals surface area contributed by atoms with E-state index in [9.17, 15) is 0 Å². The highest BCUT2D eigenvalue weighted by Gasteiger charge is 2.24. The smallest absolute Gasteiger partial charge is 0.160 e. The second kappa shape index (κ2) is 14.0. The zero-order chi connectivity index (χ0) is 41.4. The van der Waals surface area contributed by atoms with Gasteiger partial charge >= 0.3 is 0 Å². The topological polar surface area (TPSA) is 40.6 Å². The van der Waals surface area contributed by atoms with Gasteiger partial charge in [0.1, 0.15) is 0 Å². The van der Waals surface area contributed by atoms with Crippen LogP contribution in [0.2, 0.25) is 0 Å². The third-order valence-electron chi connectivity index (χ3n) is 12.6. The van der Waals surface area contributed by atoms with Crippen LogP contribution in [0.5, 0.6) is 0 Å². The molecule has 4 heterocycles. The molecule has 0 bridgehead atoms. The molecule has 0 atom stereocenters. The average molecular weight is 804 g/mol. The molecule has 0 saturated heterocycles. The predicted molar refractivity (Wildman–Crippen MR) is 261 cm³/mol.